The summed E-state index contributed by atoms with van der Waals surface area (Å²) in [5.41, 5.74) is 9.41. The van der Waals surface area contributed by atoms with E-state index in [0.717, 1.165) is 62.2 Å². The third-order valence-corrected chi connectivity index (χ3v) is 5.57. The van der Waals surface area contributed by atoms with Gasteiger partial charge < -0.3 is 15.6 Å². The molecule has 0 aliphatic carbocycles. The van der Waals surface area contributed by atoms with E-state index in [4.69, 9.17) is 11.0 Å². The van der Waals surface area contributed by atoms with Crippen molar-refractivity contribution in [1.29, 1.82) is 5.26 Å². The SMILES string of the molecule is Cc1cc(C(N)=O)nc(N2CCN(CCCc3c[nH]c4ccc(C#N)cc34)CC2)n1. The van der Waals surface area contributed by atoms with Crippen molar-refractivity contribution < 1.29 is 4.79 Å². The molecule has 1 aliphatic heterocycles. The van der Waals surface area contributed by atoms with E-state index in [1.54, 1.807) is 6.07 Å². The molecular formula is C22H25N7O. The molecule has 4 rings (SSSR count). The quantitative estimate of drug-likeness (QED) is 0.650. The van der Waals surface area contributed by atoms with Crippen LogP contribution in [0.15, 0.2) is 30.5 Å². The monoisotopic (exact) mass is 403 g/mol. The van der Waals surface area contributed by atoms with Crippen LogP contribution >= 0.6 is 0 Å². The van der Waals surface area contributed by atoms with Crippen molar-refractivity contribution >= 4 is 22.8 Å². The molecule has 2 aromatic heterocycles. The maximum atomic E-state index is 11.5. The highest BCUT2D eigenvalue weighted by atomic mass is 16.1. The Kier molecular flexibility index (Phi) is 5.63. The molecule has 8 heteroatoms. The molecule has 1 aliphatic rings. The van der Waals surface area contributed by atoms with Gasteiger partial charge in [0.1, 0.15) is 5.69 Å². The number of hydrogen-bond acceptors (Lipinski definition) is 6. The number of aryl methyl sites for hydroxylation is 2. The number of aromatic amines is 1. The fourth-order valence-corrected chi connectivity index (χ4v) is 3.94. The van der Waals surface area contributed by atoms with Crippen LogP contribution in [0, 0.1) is 18.3 Å². The van der Waals surface area contributed by atoms with Crippen LogP contribution in [0.5, 0.6) is 0 Å². The van der Waals surface area contributed by atoms with Gasteiger partial charge in [0, 0.05) is 49.0 Å². The highest BCUT2D eigenvalue weighted by Gasteiger charge is 2.20. The molecule has 0 bridgehead atoms. The number of aromatic nitrogens is 3. The predicted molar refractivity (Wildman–Crippen MR) is 115 cm³/mol. The molecule has 3 aromatic rings. The number of H-pyrrole nitrogens is 1. The maximum absolute atomic E-state index is 11.5. The van der Waals surface area contributed by atoms with E-state index >= 15 is 0 Å². The summed E-state index contributed by atoms with van der Waals surface area (Å²) in [5, 5.41) is 10.3. The summed E-state index contributed by atoms with van der Waals surface area (Å²) in [6, 6.07) is 9.60. The Morgan fingerprint density at radius 3 is 2.77 bits per heavy atom. The van der Waals surface area contributed by atoms with E-state index in [-0.39, 0.29) is 5.69 Å². The van der Waals surface area contributed by atoms with Gasteiger partial charge in [0.2, 0.25) is 5.95 Å². The number of primary amides is 1. The van der Waals surface area contributed by atoms with E-state index in [0.29, 0.717) is 11.5 Å². The van der Waals surface area contributed by atoms with Crippen LogP contribution < -0.4 is 10.6 Å². The van der Waals surface area contributed by atoms with Crippen molar-refractivity contribution in [1.82, 2.24) is 19.9 Å². The molecule has 0 radical (unpaired) electrons. The molecule has 0 saturated carbocycles. The minimum absolute atomic E-state index is 0.262. The minimum atomic E-state index is -0.528. The molecule has 0 spiro atoms. The molecule has 154 valence electrons. The zero-order valence-electron chi connectivity index (χ0n) is 17.1. The van der Waals surface area contributed by atoms with Gasteiger partial charge in [-0.25, -0.2) is 9.97 Å². The number of nitrogens with one attached hydrogen (secondary N) is 1. The highest BCUT2D eigenvalue weighted by Crippen LogP contribution is 2.21. The van der Waals surface area contributed by atoms with E-state index in [9.17, 15) is 4.79 Å². The van der Waals surface area contributed by atoms with Gasteiger partial charge in [-0.15, -0.1) is 0 Å². The van der Waals surface area contributed by atoms with Crippen molar-refractivity contribution in [2.24, 2.45) is 5.73 Å². The smallest absolute Gasteiger partial charge is 0.267 e. The lowest BCUT2D eigenvalue weighted by molar-refractivity contribution is 0.0995. The molecule has 1 aromatic carbocycles. The lowest BCUT2D eigenvalue weighted by atomic mass is 10.1. The average molecular weight is 403 g/mol. The lowest BCUT2D eigenvalue weighted by Gasteiger charge is -2.34. The molecule has 3 N–H and O–H groups in total. The Hall–Kier alpha value is -3.44. The fraction of sp³-hybridized carbons (Fsp3) is 0.364. The number of benzene rings is 1. The van der Waals surface area contributed by atoms with Gasteiger partial charge in [-0.05, 0) is 56.1 Å². The molecule has 0 atom stereocenters. The zero-order chi connectivity index (χ0) is 21.1. The number of carbonyl (C=O) groups excluding carboxylic acids is 1. The van der Waals surface area contributed by atoms with Crippen LogP contribution in [0.4, 0.5) is 5.95 Å². The van der Waals surface area contributed by atoms with Gasteiger partial charge in [-0.3, -0.25) is 9.69 Å². The van der Waals surface area contributed by atoms with E-state index in [1.807, 2.05) is 25.1 Å². The summed E-state index contributed by atoms with van der Waals surface area (Å²) in [6.45, 7) is 6.35. The molecule has 30 heavy (non-hydrogen) atoms. The molecule has 3 heterocycles. The Bertz CT molecular complexity index is 1110. The number of fused-ring (bicyclic) bond motifs is 1. The third-order valence-electron chi connectivity index (χ3n) is 5.57. The number of nitrogens with zero attached hydrogens (tertiary/aromatic N) is 5. The van der Waals surface area contributed by atoms with Crippen molar-refractivity contribution in [2.45, 2.75) is 19.8 Å². The first-order chi connectivity index (χ1) is 14.5. The summed E-state index contributed by atoms with van der Waals surface area (Å²) < 4.78 is 0. The molecular weight excluding hydrogens is 378 g/mol. The number of anilines is 1. The number of amides is 1. The Morgan fingerprint density at radius 2 is 2.03 bits per heavy atom. The van der Waals surface area contributed by atoms with Crippen LogP contribution in [-0.2, 0) is 6.42 Å². The fourth-order valence-electron chi connectivity index (χ4n) is 3.94. The summed E-state index contributed by atoms with van der Waals surface area (Å²) in [4.78, 5) is 28.1. The number of carbonyl (C=O) groups is 1. The van der Waals surface area contributed by atoms with Gasteiger partial charge in [0.05, 0.1) is 11.6 Å². The normalized spacial score (nSPS) is 14.7. The Morgan fingerprint density at radius 1 is 1.23 bits per heavy atom. The third kappa shape index (κ3) is 4.26. The second-order valence-corrected chi connectivity index (χ2v) is 7.68. The summed E-state index contributed by atoms with van der Waals surface area (Å²) >= 11 is 0. The highest BCUT2D eigenvalue weighted by molar-refractivity contribution is 5.91. The van der Waals surface area contributed by atoms with Crippen LogP contribution in [0.1, 0.15) is 33.7 Å². The van der Waals surface area contributed by atoms with E-state index < -0.39 is 5.91 Å². The van der Waals surface area contributed by atoms with Gasteiger partial charge >= 0.3 is 0 Å². The van der Waals surface area contributed by atoms with Gasteiger partial charge in [-0.1, -0.05) is 0 Å². The molecule has 1 amide bonds. The summed E-state index contributed by atoms with van der Waals surface area (Å²) in [5.74, 6) is 0.0510. The molecule has 1 fully saturated rings. The van der Waals surface area contributed by atoms with E-state index in [2.05, 4.69) is 37.0 Å². The predicted octanol–water partition coefficient (Wildman–Crippen LogP) is 1.99. The number of nitriles is 1. The van der Waals surface area contributed by atoms with Crippen LogP contribution in [-0.4, -0.2) is 58.5 Å². The first kappa shape index (κ1) is 19.9. The van der Waals surface area contributed by atoms with Crippen molar-refractivity contribution in [3.8, 4) is 6.07 Å². The van der Waals surface area contributed by atoms with Crippen molar-refractivity contribution in [3.05, 3.63) is 53.0 Å². The Balaban J connectivity index is 1.31. The summed E-state index contributed by atoms with van der Waals surface area (Å²) in [6.07, 6.45) is 4.07. The van der Waals surface area contributed by atoms with Gasteiger partial charge in [-0.2, -0.15) is 5.26 Å². The minimum Gasteiger partial charge on any atom is -0.364 e. The zero-order valence-corrected chi connectivity index (χ0v) is 17.1. The van der Waals surface area contributed by atoms with Crippen LogP contribution in [0.25, 0.3) is 10.9 Å². The van der Waals surface area contributed by atoms with Crippen LogP contribution in [0.2, 0.25) is 0 Å². The molecule has 1 saturated heterocycles. The largest absolute Gasteiger partial charge is 0.364 e. The molecule has 8 nitrogen and oxygen atoms in total. The first-order valence-corrected chi connectivity index (χ1v) is 10.2. The Labute approximate surface area is 175 Å². The van der Waals surface area contributed by atoms with Crippen molar-refractivity contribution in [3.63, 3.8) is 0 Å². The number of hydrogen-bond donors (Lipinski definition) is 2. The van der Waals surface area contributed by atoms with Gasteiger partial charge in [0.15, 0.2) is 0 Å². The molecule has 0 unspecified atom stereocenters. The number of piperazine rings is 1. The van der Waals surface area contributed by atoms with Crippen molar-refractivity contribution in [2.75, 3.05) is 37.6 Å². The maximum Gasteiger partial charge on any atom is 0.267 e. The first-order valence-electron chi connectivity index (χ1n) is 10.2. The second kappa shape index (κ2) is 8.51. The average Bonchev–Trinajstić information content (AvgIpc) is 3.16. The lowest BCUT2D eigenvalue weighted by Crippen LogP contribution is -2.47. The second-order valence-electron chi connectivity index (χ2n) is 7.68. The topological polar surface area (TPSA) is 115 Å². The van der Waals surface area contributed by atoms with E-state index in [1.165, 1.54) is 5.56 Å². The number of nitrogens with two attached hydrogens (primary N) is 1. The van der Waals surface area contributed by atoms with Gasteiger partial charge in [0.25, 0.3) is 5.91 Å². The standard InChI is InChI=1S/C22H25N7O/c1-15-11-20(21(24)30)27-22(26-15)29-9-7-28(8-10-29)6-2-3-17-14-25-19-5-4-16(13-23)12-18(17)19/h4-5,11-12,14,25H,2-3,6-10H2,1H3,(H2,24,30). The number of rotatable bonds is 6. The summed E-state index contributed by atoms with van der Waals surface area (Å²) in [7, 11) is 0. The van der Waals surface area contributed by atoms with Crippen LogP contribution in [0.3, 0.4) is 0 Å².